The summed E-state index contributed by atoms with van der Waals surface area (Å²) in [6.07, 6.45) is 2.48. The van der Waals surface area contributed by atoms with Crippen LogP contribution in [0.15, 0.2) is 105 Å². The number of nitrogens with zero attached hydrogens (tertiary/aromatic N) is 6. The first-order valence-electron chi connectivity index (χ1n) is 17.3. The zero-order valence-electron chi connectivity index (χ0n) is 31.8. The molecule has 0 spiro atoms. The highest BCUT2D eigenvalue weighted by molar-refractivity contribution is 9.11. The zero-order chi connectivity index (χ0) is 41.8. The average molecular weight is 896 g/mol. The molecular formula is C38H36BrFN8O8S2. The van der Waals surface area contributed by atoms with Crippen LogP contribution in [-0.2, 0) is 19.1 Å². The summed E-state index contributed by atoms with van der Waals surface area (Å²) >= 11 is 4.70. The molecule has 302 valence electrons. The van der Waals surface area contributed by atoms with Crippen LogP contribution in [0.25, 0.3) is 34.1 Å². The number of carbonyl (C=O) groups is 4. The highest BCUT2D eigenvalue weighted by atomic mass is 79.9. The molecule has 2 atom stereocenters. The van der Waals surface area contributed by atoms with Crippen molar-refractivity contribution in [3.63, 3.8) is 0 Å². The molecule has 2 unspecified atom stereocenters. The molecule has 2 N–H and O–H groups in total. The highest BCUT2D eigenvalue weighted by Gasteiger charge is 2.31. The van der Waals surface area contributed by atoms with Gasteiger partial charge in [0.15, 0.2) is 11.6 Å². The van der Waals surface area contributed by atoms with Crippen molar-refractivity contribution in [3.8, 4) is 34.1 Å². The van der Waals surface area contributed by atoms with Crippen molar-refractivity contribution in [3.05, 3.63) is 85.5 Å². The topological polar surface area (TPSA) is 198 Å². The van der Waals surface area contributed by atoms with Crippen molar-refractivity contribution in [2.75, 3.05) is 10.6 Å². The Morgan fingerprint density at radius 2 is 1.26 bits per heavy atom. The number of benzene rings is 2. The number of hydrogen-bond acceptors (Lipinski definition) is 14. The number of anilines is 2. The number of para-hydroxylation sites is 1. The van der Waals surface area contributed by atoms with Crippen molar-refractivity contribution in [2.24, 2.45) is 0 Å². The first kappa shape index (κ1) is 41.9. The predicted molar refractivity (Wildman–Crippen MR) is 217 cm³/mol. The zero-order valence-corrected chi connectivity index (χ0v) is 35.0. The summed E-state index contributed by atoms with van der Waals surface area (Å²) < 4.78 is 38.7. The molecule has 0 aliphatic carbocycles. The number of amides is 2. The Kier molecular flexibility index (Phi) is 12.6. The second-order valence-electron chi connectivity index (χ2n) is 14.2. The van der Waals surface area contributed by atoms with Crippen molar-refractivity contribution in [1.82, 2.24) is 29.5 Å². The fraction of sp³-hybridized carbons (Fsp3) is 0.263. The predicted octanol–water partition coefficient (Wildman–Crippen LogP) is 9.10. The van der Waals surface area contributed by atoms with Gasteiger partial charge in [-0.2, -0.15) is 0 Å². The lowest BCUT2D eigenvalue weighted by Crippen LogP contribution is -2.28. The molecule has 6 rings (SSSR count). The summed E-state index contributed by atoms with van der Waals surface area (Å²) in [5.74, 6) is -0.875. The first-order chi connectivity index (χ1) is 27.5. The van der Waals surface area contributed by atoms with E-state index in [-0.39, 0.29) is 33.6 Å². The molecule has 0 aliphatic rings. The number of thioether (sulfide) groups is 2. The van der Waals surface area contributed by atoms with Crippen LogP contribution >= 0.6 is 39.5 Å². The minimum absolute atomic E-state index is 0.0512. The van der Waals surface area contributed by atoms with Gasteiger partial charge >= 0.3 is 12.2 Å². The van der Waals surface area contributed by atoms with E-state index in [1.165, 1.54) is 18.8 Å². The largest absolute Gasteiger partial charge is 0.472 e. The van der Waals surface area contributed by atoms with E-state index in [0.29, 0.717) is 39.9 Å². The lowest BCUT2D eigenvalue weighted by atomic mass is 10.1. The van der Waals surface area contributed by atoms with E-state index in [1.54, 1.807) is 102 Å². The van der Waals surface area contributed by atoms with Crippen molar-refractivity contribution >= 4 is 74.8 Å². The van der Waals surface area contributed by atoms with Gasteiger partial charge in [0, 0.05) is 16.9 Å². The molecule has 0 radical (unpaired) electrons. The van der Waals surface area contributed by atoms with Crippen molar-refractivity contribution in [1.29, 1.82) is 0 Å². The normalized spacial score (nSPS) is 12.8. The molecule has 20 heteroatoms. The molecule has 2 aromatic carbocycles. The smallest absolute Gasteiger partial charge is 0.422 e. The number of furan rings is 2. The Hall–Kier alpha value is -5.73. The van der Waals surface area contributed by atoms with Crippen LogP contribution in [-0.4, -0.2) is 74.4 Å². The van der Waals surface area contributed by atoms with Gasteiger partial charge in [-0.1, -0.05) is 45.9 Å². The second-order valence-corrected chi connectivity index (χ2v) is 17.9. The molecule has 0 saturated carbocycles. The Balaban J connectivity index is 1.15. The third kappa shape index (κ3) is 10.4. The Morgan fingerprint density at radius 1 is 0.707 bits per heavy atom. The van der Waals surface area contributed by atoms with E-state index in [2.05, 4.69) is 47.0 Å². The van der Waals surface area contributed by atoms with E-state index in [0.717, 1.165) is 20.9 Å². The third-order valence-corrected chi connectivity index (χ3v) is 10.1. The van der Waals surface area contributed by atoms with Gasteiger partial charge in [0.25, 0.3) is 5.91 Å². The molecule has 6 aromatic rings. The van der Waals surface area contributed by atoms with Crippen LogP contribution in [0, 0.1) is 0 Å². The van der Waals surface area contributed by atoms with Crippen LogP contribution in [0.3, 0.4) is 0 Å². The Morgan fingerprint density at radius 3 is 1.83 bits per heavy atom. The third-order valence-electron chi connectivity index (χ3n) is 7.36. The van der Waals surface area contributed by atoms with Crippen LogP contribution in [0.1, 0.15) is 41.5 Å². The van der Waals surface area contributed by atoms with E-state index >= 15 is 4.39 Å². The monoisotopic (exact) mass is 894 g/mol. The lowest BCUT2D eigenvalue weighted by Gasteiger charge is -2.20. The molecule has 16 nitrogen and oxygen atoms in total. The van der Waals surface area contributed by atoms with Crippen molar-refractivity contribution < 1.29 is 41.9 Å². The maximum atomic E-state index is 15.4. The van der Waals surface area contributed by atoms with Crippen LogP contribution in [0.2, 0.25) is 0 Å². The van der Waals surface area contributed by atoms with Gasteiger partial charge in [0.05, 0.1) is 17.4 Å². The number of ether oxygens (including phenoxy) is 2. The maximum absolute atomic E-state index is 15.4. The van der Waals surface area contributed by atoms with Crippen LogP contribution < -0.4 is 10.6 Å². The number of hydrogen-bond donors (Lipinski definition) is 2. The average Bonchev–Trinajstić information content (AvgIpc) is 3.98. The van der Waals surface area contributed by atoms with Gasteiger partial charge in [0.1, 0.15) is 33.6 Å². The maximum Gasteiger partial charge on any atom is 0.422 e. The highest BCUT2D eigenvalue weighted by Crippen LogP contribution is 2.34. The SMILES string of the molecule is CC(C)(C)OC(=O)n1c(SC(F)C(=O)Nc2ccc(-c3cc(-c4nnc(SC(Br)C(=O)Nc5ccccc5)n4C(=O)OC(C)(C)C)co3)cc2)nnc1-c1ccoc1. The van der Waals surface area contributed by atoms with Gasteiger partial charge in [-0.05, 0) is 102 Å². The Labute approximate surface area is 347 Å². The van der Waals surface area contributed by atoms with Gasteiger partial charge in [-0.25, -0.2) is 23.1 Å². The van der Waals surface area contributed by atoms with Crippen LogP contribution in [0.4, 0.5) is 25.4 Å². The molecule has 4 heterocycles. The number of carbonyl (C=O) groups excluding carboxylic acids is 4. The second kappa shape index (κ2) is 17.4. The Bertz CT molecular complexity index is 2410. The van der Waals surface area contributed by atoms with Crippen molar-refractivity contribution in [2.45, 2.75) is 72.7 Å². The van der Waals surface area contributed by atoms with E-state index in [1.807, 2.05) is 6.07 Å². The summed E-state index contributed by atoms with van der Waals surface area (Å²) in [5, 5.41) is 21.5. The minimum Gasteiger partial charge on any atom is -0.472 e. The number of rotatable bonds is 11. The number of alkyl halides is 2. The summed E-state index contributed by atoms with van der Waals surface area (Å²) in [5.41, 5.74) is -1.72. The van der Waals surface area contributed by atoms with Gasteiger partial charge < -0.3 is 28.9 Å². The summed E-state index contributed by atoms with van der Waals surface area (Å²) in [4.78, 5) is 52.4. The minimum atomic E-state index is -2.20. The molecule has 0 saturated heterocycles. The fourth-order valence-corrected chi connectivity index (χ4v) is 6.96. The molecule has 2 amide bonds. The quantitative estimate of drug-likeness (QED) is 0.0922. The van der Waals surface area contributed by atoms with E-state index < -0.39 is 39.0 Å². The summed E-state index contributed by atoms with van der Waals surface area (Å²) in [6.45, 7) is 10.2. The molecular weight excluding hydrogens is 860 g/mol. The van der Waals surface area contributed by atoms with E-state index in [4.69, 9.17) is 18.3 Å². The molecule has 4 aromatic heterocycles. The number of halogens is 2. The standard InChI is InChI=1S/C38H36BrFN8O8S2/c1-37(2,3)55-35(51)47-29(22-16-17-53-19-22)43-46-34(47)58-28(40)32(50)42-25-14-12-21(13-15-25)26-18-23(20-54-26)30-44-45-33(48(30)36(52)56-38(4,5)6)57-27(39)31(49)41-24-10-8-7-9-11-24/h7-20,27-28H,1-6H3,(H,41,49)(H,42,50). The first-order valence-corrected chi connectivity index (χ1v) is 20.0. The number of aromatic nitrogens is 6. The van der Waals surface area contributed by atoms with Crippen LogP contribution in [0.5, 0.6) is 0 Å². The molecule has 58 heavy (non-hydrogen) atoms. The van der Waals surface area contributed by atoms with Gasteiger partial charge in [-0.3, -0.25) is 9.59 Å². The lowest BCUT2D eigenvalue weighted by molar-refractivity contribution is -0.118. The molecule has 0 aliphatic heterocycles. The molecule has 0 bridgehead atoms. The van der Waals surface area contributed by atoms with Gasteiger partial charge in [0.2, 0.25) is 21.7 Å². The van der Waals surface area contributed by atoms with E-state index in [9.17, 15) is 19.2 Å². The summed E-state index contributed by atoms with van der Waals surface area (Å²) in [7, 11) is 0. The molecule has 0 fully saturated rings. The fourth-order valence-electron chi connectivity index (χ4n) is 4.94. The summed E-state index contributed by atoms with van der Waals surface area (Å²) in [6, 6.07) is 18.4. The number of nitrogens with one attached hydrogen (secondary N) is 2. The van der Waals surface area contributed by atoms with Gasteiger partial charge in [-0.15, -0.1) is 20.4 Å².